The van der Waals surface area contributed by atoms with Gasteiger partial charge in [0, 0.05) is 12.1 Å². The minimum Gasteiger partial charge on any atom is -0.490 e. The van der Waals surface area contributed by atoms with Gasteiger partial charge in [0.05, 0.1) is 13.2 Å². The topological polar surface area (TPSA) is 50.7 Å². The van der Waals surface area contributed by atoms with Gasteiger partial charge in [0.15, 0.2) is 11.5 Å². The quantitative estimate of drug-likeness (QED) is 0.772. The molecule has 0 aliphatic heterocycles. The average molecular weight is 289 g/mol. The van der Waals surface area contributed by atoms with Crippen molar-refractivity contribution >= 4 is 0 Å². The number of alkyl halides is 2. The molecular formula is C14H21F2NO3. The van der Waals surface area contributed by atoms with Crippen molar-refractivity contribution in [2.24, 2.45) is 0 Å². The number of aliphatic hydroxyl groups excluding tert-OH is 1. The van der Waals surface area contributed by atoms with Gasteiger partial charge in [0.1, 0.15) is 0 Å². The van der Waals surface area contributed by atoms with Gasteiger partial charge >= 0.3 is 6.61 Å². The molecule has 0 bridgehead atoms. The molecule has 0 aromatic heterocycles. The number of ether oxygens (including phenoxy) is 2. The lowest BCUT2D eigenvalue weighted by atomic mass is 10.1. The highest BCUT2D eigenvalue weighted by molar-refractivity contribution is 5.43. The van der Waals surface area contributed by atoms with Crippen LogP contribution in [0.15, 0.2) is 18.2 Å². The van der Waals surface area contributed by atoms with Crippen molar-refractivity contribution in [3.63, 3.8) is 0 Å². The van der Waals surface area contributed by atoms with Crippen LogP contribution < -0.4 is 14.8 Å². The lowest BCUT2D eigenvalue weighted by molar-refractivity contribution is -0.0514. The number of aliphatic hydroxyl groups is 1. The van der Waals surface area contributed by atoms with E-state index in [1.807, 2.05) is 13.8 Å². The highest BCUT2D eigenvalue weighted by Gasteiger charge is 2.16. The fraction of sp³-hybridized carbons (Fsp3) is 0.571. The zero-order chi connectivity index (χ0) is 15.2. The van der Waals surface area contributed by atoms with Gasteiger partial charge in [0.25, 0.3) is 0 Å². The van der Waals surface area contributed by atoms with Gasteiger partial charge in [-0.3, -0.25) is 0 Å². The Morgan fingerprint density at radius 2 is 2.00 bits per heavy atom. The largest absolute Gasteiger partial charge is 0.490 e. The Kier molecular flexibility index (Phi) is 6.16. The normalized spacial score (nSPS) is 11.8. The second-order valence-electron chi connectivity index (χ2n) is 4.99. The van der Waals surface area contributed by atoms with Crippen LogP contribution in [-0.2, 0) is 6.54 Å². The van der Waals surface area contributed by atoms with Gasteiger partial charge < -0.3 is 19.9 Å². The molecule has 0 aliphatic carbocycles. The van der Waals surface area contributed by atoms with E-state index < -0.39 is 12.2 Å². The summed E-state index contributed by atoms with van der Waals surface area (Å²) in [5.74, 6) is 0.306. The molecule has 0 saturated heterocycles. The monoisotopic (exact) mass is 289 g/mol. The molecule has 0 saturated carbocycles. The first-order chi connectivity index (χ1) is 9.38. The van der Waals surface area contributed by atoms with Gasteiger partial charge in [-0.1, -0.05) is 6.07 Å². The van der Waals surface area contributed by atoms with E-state index in [-0.39, 0.29) is 18.1 Å². The highest BCUT2D eigenvalue weighted by Crippen LogP contribution is 2.30. The minimum atomic E-state index is -2.88. The number of benzene rings is 1. The van der Waals surface area contributed by atoms with Crippen LogP contribution >= 0.6 is 0 Å². The Bertz CT molecular complexity index is 425. The molecule has 0 aliphatic rings. The zero-order valence-electron chi connectivity index (χ0n) is 12.0. The minimum absolute atomic E-state index is 0.00209. The maximum atomic E-state index is 12.3. The summed E-state index contributed by atoms with van der Waals surface area (Å²) in [6, 6.07) is 4.79. The molecule has 0 heterocycles. The molecule has 0 amide bonds. The Labute approximate surface area is 117 Å². The van der Waals surface area contributed by atoms with E-state index in [1.54, 1.807) is 19.1 Å². The van der Waals surface area contributed by atoms with Gasteiger partial charge in [-0.15, -0.1) is 0 Å². The predicted molar refractivity (Wildman–Crippen MR) is 72.2 cm³/mol. The van der Waals surface area contributed by atoms with Crippen LogP contribution in [-0.4, -0.2) is 30.5 Å². The van der Waals surface area contributed by atoms with Crippen molar-refractivity contribution in [1.82, 2.24) is 5.32 Å². The van der Waals surface area contributed by atoms with Crippen molar-refractivity contribution in [2.75, 3.05) is 13.2 Å². The summed E-state index contributed by atoms with van der Waals surface area (Å²) in [7, 11) is 0. The first-order valence-electron chi connectivity index (χ1n) is 6.44. The molecule has 1 aromatic rings. The Balaban J connectivity index is 2.81. The third-order valence-corrected chi connectivity index (χ3v) is 2.69. The maximum absolute atomic E-state index is 12.3. The van der Waals surface area contributed by atoms with Crippen molar-refractivity contribution < 1.29 is 23.4 Å². The van der Waals surface area contributed by atoms with Gasteiger partial charge in [-0.25, -0.2) is 0 Å². The molecule has 6 heteroatoms. The molecule has 0 radical (unpaired) electrons. The first kappa shape index (κ1) is 16.7. The second-order valence-corrected chi connectivity index (χ2v) is 4.99. The fourth-order valence-electron chi connectivity index (χ4n) is 1.52. The van der Waals surface area contributed by atoms with Crippen molar-refractivity contribution in [2.45, 2.75) is 39.5 Å². The van der Waals surface area contributed by atoms with Crippen LogP contribution in [0.4, 0.5) is 8.78 Å². The third kappa shape index (κ3) is 5.30. The standard InChI is InChI=1S/C14H21F2NO3/c1-4-19-12-7-10(8-17-14(2,3)9-18)5-6-11(12)20-13(15)16/h5-7,13,17-18H,4,8-9H2,1-3H3. The molecule has 1 rings (SSSR count). The zero-order valence-corrected chi connectivity index (χ0v) is 12.0. The van der Waals surface area contributed by atoms with Crippen LogP contribution in [0.2, 0.25) is 0 Å². The molecule has 1 aromatic carbocycles. The third-order valence-electron chi connectivity index (χ3n) is 2.69. The summed E-state index contributed by atoms with van der Waals surface area (Å²) in [4.78, 5) is 0. The Hall–Kier alpha value is -1.40. The highest BCUT2D eigenvalue weighted by atomic mass is 19.3. The van der Waals surface area contributed by atoms with Gasteiger partial charge in [-0.05, 0) is 38.5 Å². The number of rotatable bonds is 8. The molecule has 20 heavy (non-hydrogen) atoms. The van der Waals surface area contributed by atoms with Crippen molar-refractivity contribution in [3.8, 4) is 11.5 Å². The number of halogens is 2. The molecule has 0 fully saturated rings. The lowest BCUT2D eigenvalue weighted by Crippen LogP contribution is -2.42. The van der Waals surface area contributed by atoms with E-state index in [2.05, 4.69) is 10.1 Å². The maximum Gasteiger partial charge on any atom is 0.387 e. The molecule has 2 N–H and O–H groups in total. The number of hydrogen-bond acceptors (Lipinski definition) is 4. The molecule has 0 unspecified atom stereocenters. The summed E-state index contributed by atoms with van der Waals surface area (Å²) >= 11 is 0. The first-order valence-corrected chi connectivity index (χ1v) is 6.44. The second kappa shape index (κ2) is 7.40. The van der Waals surface area contributed by atoms with E-state index in [9.17, 15) is 8.78 Å². The molecular weight excluding hydrogens is 268 g/mol. The van der Waals surface area contributed by atoms with Crippen LogP contribution in [0.5, 0.6) is 11.5 Å². The molecule has 4 nitrogen and oxygen atoms in total. The average Bonchev–Trinajstić information content (AvgIpc) is 2.39. The summed E-state index contributed by atoms with van der Waals surface area (Å²) in [5.41, 5.74) is 0.445. The van der Waals surface area contributed by atoms with Crippen LogP contribution in [0.1, 0.15) is 26.3 Å². The summed E-state index contributed by atoms with van der Waals surface area (Å²) in [6.07, 6.45) is 0. The van der Waals surface area contributed by atoms with Crippen molar-refractivity contribution in [1.29, 1.82) is 0 Å². The fourth-order valence-corrected chi connectivity index (χ4v) is 1.52. The summed E-state index contributed by atoms with van der Waals surface area (Å²) < 4.78 is 34.2. The van der Waals surface area contributed by atoms with Crippen molar-refractivity contribution in [3.05, 3.63) is 23.8 Å². The van der Waals surface area contributed by atoms with Crippen LogP contribution in [0.3, 0.4) is 0 Å². The van der Waals surface area contributed by atoms with E-state index >= 15 is 0 Å². The predicted octanol–water partition coefficient (Wildman–Crippen LogP) is 2.55. The Morgan fingerprint density at radius 1 is 1.30 bits per heavy atom. The Morgan fingerprint density at radius 3 is 2.55 bits per heavy atom. The SMILES string of the molecule is CCOc1cc(CNC(C)(C)CO)ccc1OC(F)F. The number of hydrogen-bond donors (Lipinski definition) is 2. The van der Waals surface area contributed by atoms with Crippen LogP contribution in [0, 0.1) is 0 Å². The van der Waals surface area contributed by atoms with Gasteiger partial charge in [-0.2, -0.15) is 8.78 Å². The van der Waals surface area contributed by atoms with E-state index in [0.29, 0.717) is 13.2 Å². The molecule has 0 atom stereocenters. The molecule has 114 valence electrons. The summed E-state index contributed by atoms with van der Waals surface area (Å²) in [6.45, 7) is 3.46. The smallest absolute Gasteiger partial charge is 0.387 e. The van der Waals surface area contributed by atoms with Gasteiger partial charge in [0.2, 0.25) is 0 Å². The number of nitrogens with one attached hydrogen (secondary N) is 1. The molecule has 0 spiro atoms. The van der Waals surface area contributed by atoms with E-state index in [0.717, 1.165) is 5.56 Å². The van der Waals surface area contributed by atoms with E-state index in [1.165, 1.54) is 6.07 Å². The lowest BCUT2D eigenvalue weighted by Gasteiger charge is -2.23. The van der Waals surface area contributed by atoms with E-state index in [4.69, 9.17) is 9.84 Å². The summed E-state index contributed by atoms with van der Waals surface area (Å²) in [5, 5.41) is 12.3. The van der Waals surface area contributed by atoms with Crippen LogP contribution in [0.25, 0.3) is 0 Å².